The maximum absolute atomic E-state index is 11.4. The topological polar surface area (TPSA) is 54.8 Å². The summed E-state index contributed by atoms with van der Waals surface area (Å²) in [5.74, 6) is 0.0556. The fourth-order valence-corrected chi connectivity index (χ4v) is 1.82. The number of imidazole rings is 1. The fourth-order valence-electron chi connectivity index (χ4n) is 1.82. The average Bonchev–Trinajstić information content (AvgIpc) is 2.84. The standard InChI is InChI=1S/C13H14N3O/c1-3-16(10(2)17)12-6-4-11(5-7-12)13-8-14-9-15-13/h4-9H,3H2,1-2H3/q-1/p+1. The molecule has 0 bridgehead atoms. The van der Waals surface area contributed by atoms with Crippen LogP contribution >= 0.6 is 0 Å². The van der Waals surface area contributed by atoms with Gasteiger partial charge in [-0.1, -0.05) is 0 Å². The van der Waals surface area contributed by atoms with Crippen molar-refractivity contribution in [3.63, 3.8) is 0 Å². The van der Waals surface area contributed by atoms with E-state index >= 15 is 0 Å². The van der Waals surface area contributed by atoms with E-state index in [-0.39, 0.29) is 5.90 Å². The summed E-state index contributed by atoms with van der Waals surface area (Å²) in [6, 6.07) is 7.82. The van der Waals surface area contributed by atoms with Crippen LogP contribution in [0.3, 0.4) is 0 Å². The van der Waals surface area contributed by atoms with Crippen LogP contribution in [0, 0.1) is 0 Å². The smallest absolute Gasteiger partial charge is 0.204 e. The van der Waals surface area contributed by atoms with Crippen molar-refractivity contribution in [1.82, 2.24) is 9.97 Å². The molecule has 17 heavy (non-hydrogen) atoms. The Labute approximate surface area is 100 Å². The van der Waals surface area contributed by atoms with Crippen molar-refractivity contribution in [3.8, 4) is 11.3 Å². The lowest BCUT2D eigenvalue weighted by Crippen LogP contribution is -2.25. The third-order valence-corrected chi connectivity index (χ3v) is 2.67. The van der Waals surface area contributed by atoms with E-state index in [1.807, 2.05) is 37.4 Å². The van der Waals surface area contributed by atoms with Crippen molar-refractivity contribution >= 4 is 11.6 Å². The van der Waals surface area contributed by atoms with E-state index in [0.29, 0.717) is 6.54 Å². The Hall–Kier alpha value is -2.10. The number of hydrogen-bond donors (Lipinski definition) is 1. The molecule has 2 aromatic rings. The van der Waals surface area contributed by atoms with Crippen molar-refractivity contribution in [3.05, 3.63) is 36.8 Å². The lowest BCUT2D eigenvalue weighted by Gasteiger charge is -2.07. The van der Waals surface area contributed by atoms with Gasteiger partial charge in [0.2, 0.25) is 5.69 Å². The number of aromatic nitrogens is 2. The van der Waals surface area contributed by atoms with Gasteiger partial charge >= 0.3 is 0 Å². The van der Waals surface area contributed by atoms with Crippen LogP contribution in [0.25, 0.3) is 11.3 Å². The van der Waals surface area contributed by atoms with E-state index in [9.17, 15) is 5.11 Å². The summed E-state index contributed by atoms with van der Waals surface area (Å²) in [6.07, 6.45) is 3.49. The van der Waals surface area contributed by atoms with Gasteiger partial charge < -0.3 is 10.1 Å². The Bertz CT molecular complexity index is 508. The summed E-state index contributed by atoms with van der Waals surface area (Å²) >= 11 is 0. The summed E-state index contributed by atoms with van der Waals surface area (Å²) in [4.78, 5) is 7.10. The molecule has 0 atom stereocenters. The minimum atomic E-state index is 0.0556. The highest BCUT2D eigenvalue weighted by atomic mass is 16.3. The van der Waals surface area contributed by atoms with E-state index < -0.39 is 0 Å². The zero-order valence-corrected chi connectivity index (χ0v) is 9.97. The highest BCUT2D eigenvalue weighted by Gasteiger charge is 2.07. The summed E-state index contributed by atoms with van der Waals surface area (Å²) in [5.41, 5.74) is 2.86. The lowest BCUT2D eigenvalue weighted by molar-refractivity contribution is -0.484. The fraction of sp³-hybridized carbons (Fsp3) is 0.231. The van der Waals surface area contributed by atoms with Gasteiger partial charge in [0.15, 0.2) is 0 Å². The molecule has 0 saturated carbocycles. The molecule has 0 radical (unpaired) electrons. The second kappa shape index (κ2) is 4.82. The molecule has 0 saturated heterocycles. The molecule has 2 rings (SSSR count). The third kappa shape index (κ3) is 2.36. The Kier molecular flexibility index (Phi) is 3.23. The van der Waals surface area contributed by atoms with Gasteiger partial charge in [-0.15, -0.1) is 0 Å². The molecule has 0 aliphatic carbocycles. The highest BCUT2D eigenvalue weighted by molar-refractivity contribution is 5.65. The zero-order valence-electron chi connectivity index (χ0n) is 9.97. The second-order valence-electron chi connectivity index (χ2n) is 3.76. The normalized spacial score (nSPS) is 12.4. The van der Waals surface area contributed by atoms with Gasteiger partial charge in [-0.05, 0) is 19.1 Å². The molecule has 1 aromatic heterocycles. The van der Waals surface area contributed by atoms with Crippen molar-refractivity contribution in [2.24, 2.45) is 0 Å². The first-order valence-corrected chi connectivity index (χ1v) is 5.59. The van der Waals surface area contributed by atoms with Crippen LogP contribution in [0.5, 0.6) is 0 Å². The first-order valence-electron chi connectivity index (χ1n) is 5.59. The Morgan fingerprint density at radius 1 is 1.35 bits per heavy atom. The first-order chi connectivity index (χ1) is 8.22. The van der Waals surface area contributed by atoms with Crippen molar-refractivity contribution in [1.29, 1.82) is 0 Å². The Morgan fingerprint density at radius 3 is 2.53 bits per heavy atom. The van der Waals surface area contributed by atoms with Crippen LogP contribution in [-0.2, 0) is 0 Å². The first kappa shape index (κ1) is 11.4. The number of nitrogens with one attached hydrogen (secondary N) is 1. The van der Waals surface area contributed by atoms with Gasteiger partial charge in [0.1, 0.15) is 12.4 Å². The van der Waals surface area contributed by atoms with Crippen LogP contribution in [0.1, 0.15) is 13.8 Å². The minimum absolute atomic E-state index is 0.0556. The summed E-state index contributed by atoms with van der Waals surface area (Å²) in [7, 11) is 0. The third-order valence-electron chi connectivity index (χ3n) is 2.67. The van der Waals surface area contributed by atoms with Crippen molar-refractivity contribution in [2.75, 3.05) is 6.54 Å². The van der Waals surface area contributed by atoms with E-state index in [1.54, 1.807) is 17.8 Å². The Morgan fingerprint density at radius 2 is 2.06 bits per heavy atom. The predicted octanol–water partition coefficient (Wildman–Crippen LogP) is 1.52. The SMILES string of the molecule is CC[N+](=C(C)[O-])c1ccc(-c2c[nH]cn2)cc1. The molecular weight excluding hydrogens is 214 g/mol. The molecule has 88 valence electrons. The number of hydrogen-bond acceptors (Lipinski definition) is 2. The summed E-state index contributed by atoms with van der Waals surface area (Å²) < 4.78 is 1.73. The molecule has 4 nitrogen and oxygen atoms in total. The summed E-state index contributed by atoms with van der Waals surface area (Å²) in [6.45, 7) is 4.21. The number of benzene rings is 1. The molecule has 1 heterocycles. The summed E-state index contributed by atoms with van der Waals surface area (Å²) in [5, 5.41) is 11.4. The molecule has 0 aliphatic heterocycles. The number of nitrogens with zero attached hydrogens (tertiary/aromatic N) is 2. The zero-order chi connectivity index (χ0) is 12.3. The maximum atomic E-state index is 11.4. The number of H-pyrrole nitrogens is 1. The molecule has 1 N–H and O–H groups in total. The predicted molar refractivity (Wildman–Crippen MR) is 65.2 cm³/mol. The van der Waals surface area contributed by atoms with Crippen LogP contribution in [0.4, 0.5) is 5.69 Å². The van der Waals surface area contributed by atoms with Gasteiger partial charge in [-0.3, -0.25) is 0 Å². The molecular formula is C13H15N3O. The highest BCUT2D eigenvalue weighted by Crippen LogP contribution is 2.20. The van der Waals surface area contributed by atoms with Crippen LogP contribution in [0.2, 0.25) is 0 Å². The monoisotopic (exact) mass is 229 g/mol. The molecule has 0 spiro atoms. The molecule has 1 aromatic carbocycles. The number of rotatable bonds is 3. The average molecular weight is 229 g/mol. The largest absolute Gasteiger partial charge is 0.827 e. The van der Waals surface area contributed by atoms with Gasteiger partial charge in [0, 0.05) is 30.8 Å². The van der Waals surface area contributed by atoms with Gasteiger partial charge in [0.25, 0.3) is 0 Å². The Balaban J connectivity index is 2.34. The van der Waals surface area contributed by atoms with Crippen molar-refractivity contribution in [2.45, 2.75) is 13.8 Å². The van der Waals surface area contributed by atoms with Gasteiger partial charge in [0.05, 0.1) is 12.0 Å². The molecule has 0 unspecified atom stereocenters. The quantitative estimate of drug-likeness (QED) is 0.493. The lowest BCUT2D eigenvalue weighted by atomic mass is 10.1. The van der Waals surface area contributed by atoms with Crippen LogP contribution in [-0.4, -0.2) is 27.0 Å². The van der Waals surface area contributed by atoms with Crippen molar-refractivity contribution < 1.29 is 9.68 Å². The molecule has 0 fully saturated rings. The van der Waals surface area contributed by atoms with Gasteiger partial charge in [-0.2, -0.15) is 0 Å². The van der Waals surface area contributed by atoms with Crippen LogP contribution < -0.4 is 5.11 Å². The minimum Gasteiger partial charge on any atom is -0.827 e. The number of aromatic amines is 1. The van der Waals surface area contributed by atoms with E-state index in [4.69, 9.17) is 0 Å². The maximum Gasteiger partial charge on any atom is 0.204 e. The van der Waals surface area contributed by atoms with E-state index in [2.05, 4.69) is 9.97 Å². The molecule has 0 amide bonds. The van der Waals surface area contributed by atoms with E-state index in [0.717, 1.165) is 16.9 Å². The molecule has 4 heteroatoms. The van der Waals surface area contributed by atoms with Gasteiger partial charge in [-0.25, -0.2) is 9.56 Å². The second-order valence-corrected chi connectivity index (χ2v) is 3.76. The van der Waals surface area contributed by atoms with E-state index in [1.165, 1.54) is 0 Å². The van der Waals surface area contributed by atoms with Crippen LogP contribution in [0.15, 0.2) is 36.8 Å². The molecule has 0 aliphatic rings.